The van der Waals surface area contributed by atoms with Crippen LogP contribution in [0.3, 0.4) is 0 Å². The molecule has 0 N–H and O–H groups in total. The fourth-order valence-corrected chi connectivity index (χ4v) is 8.09. The molecule has 0 aromatic carbocycles. The first kappa shape index (κ1) is 22.5. The van der Waals surface area contributed by atoms with Gasteiger partial charge < -0.3 is 13.6 Å². The van der Waals surface area contributed by atoms with Gasteiger partial charge in [-0.05, 0) is 43.3 Å². The maximum Gasteiger partial charge on any atom is 0.175 e. The van der Waals surface area contributed by atoms with E-state index in [-0.39, 0.29) is 0 Å². The van der Waals surface area contributed by atoms with E-state index in [1.54, 1.807) is 0 Å². The molecule has 2 atom stereocenters. The van der Waals surface area contributed by atoms with Crippen LogP contribution in [0.1, 0.15) is 40.5 Å². The Balaban J connectivity index is 1.70. The van der Waals surface area contributed by atoms with E-state index in [0.717, 1.165) is 49.9 Å². The average Bonchev–Trinajstić information content (AvgIpc) is 3.24. The third-order valence-corrected chi connectivity index (χ3v) is 12.8. The van der Waals surface area contributed by atoms with E-state index in [1.807, 2.05) is 0 Å². The molecular weight excluding hydrogens is 360 g/mol. The minimum absolute atomic E-state index is 0.322. The van der Waals surface area contributed by atoms with Gasteiger partial charge >= 0.3 is 0 Å². The predicted octanol–water partition coefficient (Wildman–Crippen LogP) is 2.27. The molecule has 0 saturated carbocycles. The molecule has 2 saturated heterocycles. The van der Waals surface area contributed by atoms with Crippen molar-refractivity contribution >= 4 is 18.8 Å². The molecule has 154 valence electrons. The molecule has 0 aromatic heterocycles. The number of hydrogen-bond acceptors (Lipinski definition) is 5. The Bertz CT molecular complexity index is 380. The molecule has 2 aliphatic heterocycles. The molecule has 0 amide bonds. The summed E-state index contributed by atoms with van der Waals surface area (Å²) < 4.78 is 18.0. The number of rotatable bonds is 11. The van der Waals surface area contributed by atoms with Crippen molar-refractivity contribution in [2.24, 2.45) is 11.8 Å². The Morgan fingerprint density at radius 3 is 1.69 bits per heavy atom. The van der Waals surface area contributed by atoms with Crippen molar-refractivity contribution in [1.29, 1.82) is 0 Å². The van der Waals surface area contributed by atoms with Gasteiger partial charge in [0.15, 0.2) is 8.32 Å². The zero-order valence-corrected chi connectivity index (χ0v) is 21.0. The molecule has 2 heterocycles. The normalized spacial score (nSPS) is 27.8. The number of ether oxygens (including phenoxy) is 2. The van der Waals surface area contributed by atoms with Crippen molar-refractivity contribution in [2.75, 3.05) is 39.4 Å². The molecule has 2 rings (SSSR count). The molecule has 26 heavy (non-hydrogen) atoms. The fourth-order valence-electron chi connectivity index (χ4n) is 4.39. The van der Waals surface area contributed by atoms with Crippen molar-refractivity contribution < 1.29 is 13.6 Å². The Hall–Kier alpha value is 0.234. The minimum Gasteiger partial charge on any atom is -0.463 e. The summed E-state index contributed by atoms with van der Waals surface area (Å²) in [6, 6.07) is 2.56. The van der Waals surface area contributed by atoms with E-state index < -0.39 is 8.32 Å². The summed E-state index contributed by atoms with van der Waals surface area (Å²) in [7, 11) is -0.667. The van der Waals surface area contributed by atoms with Crippen LogP contribution in [0, 0.1) is 11.8 Å². The van der Waals surface area contributed by atoms with Crippen LogP contribution in [-0.4, -0.2) is 80.5 Å². The van der Waals surface area contributed by atoms with Gasteiger partial charge in [-0.15, -0.1) is 0 Å². The van der Waals surface area contributed by atoms with Crippen molar-refractivity contribution in [2.45, 2.75) is 71.6 Å². The van der Waals surface area contributed by atoms with Gasteiger partial charge in [-0.2, -0.15) is 0 Å². The highest BCUT2D eigenvalue weighted by molar-refractivity contribution is 6.74. The van der Waals surface area contributed by atoms with E-state index in [0.29, 0.717) is 24.3 Å². The number of hydrogen-bond donors (Lipinski definition) is 0. The molecule has 0 bridgehead atoms. The maximum absolute atomic E-state index is 6.19. The summed E-state index contributed by atoms with van der Waals surface area (Å²) in [6.07, 6.45) is 3.14. The molecule has 2 aliphatic rings. The molecule has 2 fully saturated rings. The Kier molecular flexibility index (Phi) is 9.26. The first-order valence-electron chi connectivity index (χ1n) is 10.6. The summed E-state index contributed by atoms with van der Waals surface area (Å²) in [6.45, 7) is 17.8. The van der Waals surface area contributed by atoms with Gasteiger partial charge in [-0.1, -0.05) is 27.7 Å². The topological polar surface area (TPSA) is 34.2 Å². The molecule has 0 aliphatic carbocycles. The molecule has 0 spiro atoms. The second-order valence-electron chi connectivity index (χ2n) is 8.94. The lowest BCUT2D eigenvalue weighted by molar-refractivity contribution is -0.00189. The monoisotopic (exact) mass is 402 g/mol. The fraction of sp³-hybridized carbons (Fsp3) is 1.00. The largest absolute Gasteiger partial charge is 0.463 e. The Labute approximate surface area is 165 Å². The lowest BCUT2D eigenvalue weighted by atomic mass is 10.2. The van der Waals surface area contributed by atoms with Gasteiger partial charge in [0.05, 0.1) is 13.2 Å². The zero-order valence-electron chi connectivity index (χ0n) is 18.0. The molecular formula is C19H42N2O3Si2. The second kappa shape index (κ2) is 10.7. The summed E-state index contributed by atoms with van der Waals surface area (Å²) in [5, 5.41) is 0. The highest BCUT2D eigenvalue weighted by Crippen LogP contribution is 2.25. The van der Waals surface area contributed by atoms with Gasteiger partial charge in [-0.3, -0.25) is 9.80 Å². The van der Waals surface area contributed by atoms with E-state index in [9.17, 15) is 0 Å². The quantitative estimate of drug-likeness (QED) is 0.495. The Morgan fingerprint density at radius 2 is 1.35 bits per heavy atom. The summed E-state index contributed by atoms with van der Waals surface area (Å²) in [5.41, 5.74) is 0. The van der Waals surface area contributed by atoms with E-state index in [4.69, 9.17) is 13.6 Å². The van der Waals surface area contributed by atoms with Gasteiger partial charge in [0.1, 0.15) is 22.9 Å². The van der Waals surface area contributed by atoms with Crippen LogP contribution in [0.25, 0.3) is 0 Å². The van der Waals surface area contributed by atoms with Crippen molar-refractivity contribution in [3.63, 3.8) is 0 Å². The first-order chi connectivity index (χ1) is 12.4. The lowest BCUT2D eigenvalue weighted by Crippen LogP contribution is -2.39. The van der Waals surface area contributed by atoms with Gasteiger partial charge in [0, 0.05) is 26.2 Å². The van der Waals surface area contributed by atoms with Crippen molar-refractivity contribution in [1.82, 2.24) is 9.80 Å². The second-order valence-corrected chi connectivity index (χ2v) is 14.5. The Morgan fingerprint density at radius 1 is 0.923 bits per heavy atom. The average molecular weight is 403 g/mol. The van der Waals surface area contributed by atoms with Gasteiger partial charge in [0.2, 0.25) is 0 Å². The first-order valence-corrected chi connectivity index (χ1v) is 14.3. The van der Waals surface area contributed by atoms with Gasteiger partial charge in [-0.25, -0.2) is 0 Å². The van der Waals surface area contributed by atoms with E-state index in [2.05, 4.69) is 44.0 Å². The number of nitrogens with zero attached hydrogens (tertiary/aromatic N) is 2. The maximum atomic E-state index is 6.19. The standard InChI is InChI=1S/C19H42N2O3Si2/c1-16(2)18-20(10-12-22-18)8-6-14-26(5,24-25)15-7-9-21-11-13-23-19(21)17(3)4/h16-19H,6-15H2,1-5,25H3. The molecule has 0 aromatic rings. The molecule has 0 radical (unpaired) electrons. The van der Waals surface area contributed by atoms with Crippen molar-refractivity contribution in [3.05, 3.63) is 0 Å². The van der Waals surface area contributed by atoms with Crippen LogP contribution in [-0.2, 0) is 13.6 Å². The summed E-state index contributed by atoms with van der Waals surface area (Å²) >= 11 is 0. The van der Waals surface area contributed by atoms with Crippen LogP contribution in [0.2, 0.25) is 18.6 Å². The predicted molar refractivity (Wildman–Crippen MR) is 114 cm³/mol. The van der Waals surface area contributed by atoms with E-state index >= 15 is 0 Å². The highest BCUT2D eigenvalue weighted by Gasteiger charge is 2.32. The summed E-state index contributed by atoms with van der Waals surface area (Å²) in [4.78, 5) is 5.06. The molecule has 2 unspecified atom stereocenters. The molecule has 7 heteroatoms. The highest BCUT2D eigenvalue weighted by atomic mass is 28.4. The zero-order chi connectivity index (χ0) is 19.2. The van der Waals surface area contributed by atoms with Crippen LogP contribution < -0.4 is 0 Å². The minimum atomic E-state index is -1.54. The van der Waals surface area contributed by atoms with Crippen LogP contribution >= 0.6 is 0 Å². The van der Waals surface area contributed by atoms with Gasteiger partial charge in [0.25, 0.3) is 0 Å². The van der Waals surface area contributed by atoms with Crippen molar-refractivity contribution in [3.8, 4) is 0 Å². The van der Waals surface area contributed by atoms with Crippen LogP contribution in [0.15, 0.2) is 0 Å². The van der Waals surface area contributed by atoms with E-state index in [1.165, 1.54) is 24.9 Å². The third-order valence-electron chi connectivity index (χ3n) is 5.99. The molecule has 5 nitrogen and oxygen atoms in total. The lowest BCUT2D eigenvalue weighted by Gasteiger charge is -2.31. The smallest absolute Gasteiger partial charge is 0.175 e. The SMILES string of the molecule is CC(C)C1OCCN1CCC[Si](C)(CCCN1CCOC1C(C)C)O[SiH3]. The van der Waals surface area contributed by atoms with Crippen LogP contribution in [0.5, 0.6) is 0 Å². The van der Waals surface area contributed by atoms with Crippen LogP contribution in [0.4, 0.5) is 0 Å². The summed E-state index contributed by atoms with van der Waals surface area (Å²) in [5.74, 6) is 1.15. The third kappa shape index (κ3) is 6.39.